The van der Waals surface area contributed by atoms with Crippen LogP contribution in [0.3, 0.4) is 0 Å². The molecule has 0 radical (unpaired) electrons. The van der Waals surface area contributed by atoms with Crippen molar-refractivity contribution < 1.29 is 66.3 Å². The predicted octanol–water partition coefficient (Wildman–Crippen LogP) is -5.39. The van der Waals surface area contributed by atoms with Crippen molar-refractivity contribution in [2.24, 2.45) is 0 Å². The Labute approximate surface area is 137 Å². The van der Waals surface area contributed by atoms with Crippen LogP contribution in [0.25, 0.3) is 6.08 Å². The Kier molecular flexibility index (Phi) is 9.16. The average molecular weight is 424 g/mol. The maximum Gasteiger partial charge on any atom is -1.00 e. The van der Waals surface area contributed by atoms with Crippen molar-refractivity contribution in [3.63, 3.8) is 0 Å². The van der Waals surface area contributed by atoms with Gasteiger partial charge in [0.15, 0.2) is 0 Å². The summed E-state index contributed by atoms with van der Waals surface area (Å²) in [5, 5.41) is 0. The zero-order valence-corrected chi connectivity index (χ0v) is 14.5. The van der Waals surface area contributed by atoms with E-state index in [1.807, 2.05) is 0 Å². The van der Waals surface area contributed by atoms with E-state index in [-0.39, 0.29) is 43.0 Å². The Morgan fingerprint density at radius 2 is 1.81 bits per heavy atom. The number of rotatable bonds is 0. The van der Waals surface area contributed by atoms with Crippen LogP contribution in [0, 0.1) is 5.82 Å². The Morgan fingerprint density at radius 3 is 2.38 bits per heavy atom. The normalized spacial score (nSPS) is 16.3. The van der Waals surface area contributed by atoms with Crippen molar-refractivity contribution in [2.45, 2.75) is 10.5 Å². The second-order valence-electron chi connectivity index (χ2n) is 3.21. The Balaban J connectivity index is 0. The third kappa shape index (κ3) is 3.56. The first-order valence-corrected chi connectivity index (χ1v) is 6.19. The van der Waals surface area contributed by atoms with Gasteiger partial charge in [-0.25, -0.2) is 0 Å². The van der Waals surface area contributed by atoms with E-state index in [1.54, 1.807) is 6.07 Å². The van der Waals surface area contributed by atoms with E-state index in [2.05, 4.69) is 28.9 Å². The molecule has 1 aliphatic rings. The van der Waals surface area contributed by atoms with E-state index in [4.69, 9.17) is 0 Å². The summed E-state index contributed by atoms with van der Waals surface area (Å²) in [4.78, 5) is 0. The van der Waals surface area contributed by atoms with Crippen LogP contribution >= 0.6 is 15.9 Å². The third-order valence-electron chi connectivity index (χ3n) is 2.26. The van der Waals surface area contributed by atoms with Crippen molar-refractivity contribution in [1.29, 1.82) is 0 Å². The summed E-state index contributed by atoms with van der Waals surface area (Å²) >= 11 is 4.80. The molecular formula is C10H7BrCl3FZr. The van der Waals surface area contributed by atoms with Crippen molar-refractivity contribution in [2.75, 3.05) is 0 Å². The summed E-state index contributed by atoms with van der Waals surface area (Å²) in [5.74, 6) is -0.152. The van der Waals surface area contributed by atoms with Crippen LogP contribution in [0.15, 0.2) is 22.2 Å². The molecule has 1 atom stereocenters. The van der Waals surface area contributed by atoms with Crippen molar-refractivity contribution >= 4 is 22.0 Å². The average Bonchev–Trinajstić information content (AvgIpc) is 2.32. The van der Waals surface area contributed by atoms with Gasteiger partial charge >= 0.3 is 101 Å². The van der Waals surface area contributed by atoms with Gasteiger partial charge < -0.3 is 37.2 Å². The largest absolute Gasteiger partial charge is 1.00 e. The number of fused-ring (bicyclic) bond motifs is 1. The Hall–Kier alpha value is 1.12. The number of hydrogen-bond donors (Lipinski definition) is 0. The fraction of sp³-hybridized carbons (Fsp3) is 0.200. The van der Waals surface area contributed by atoms with Crippen LogP contribution in [0.5, 0.6) is 0 Å². The molecule has 1 aromatic rings. The molecule has 0 aliphatic heterocycles. The number of benzene rings is 1. The monoisotopic (exact) mass is 420 g/mol. The van der Waals surface area contributed by atoms with Gasteiger partial charge in [-0.3, -0.25) is 0 Å². The summed E-state index contributed by atoms with van der Waals surface area (Å²) in [5.41, 5.74) is 3.61. The molecule has 0 N–H and O–H groups in total. The second-order valence-corrected chi connectivity index (χ2v) is 5.49. The van der Waals surface area contributed by atoms with Crippen molar-refractivity contribution in [3.8, 4) is 0 Å². The van der Waals surface area contributed by atoms with Gasteiger partial charge in [-0.05, 0) is 0 Å². The number of halogens is 5. The minimum absolute atomic E-state index is 0. The summed E-state index contributed by atoms with van der Waals surface area (Å²) < 4.78 is 14.4. The third-order valence-corrected chi connectivity index (χ3v) is 4.80. The topological polar surface area (TPSA) is 0 Å². The maximum atomic E-state index is 13.1. The van der Waals surface area contributed by atoms with Gasteiger partial charge in [-0.2, -0.15) is 0 Å². The molecular weight excluding hydrogens is 417 g/mol. The van der Waals surface area contributed by atoms with Gasteiger partial charge in [-0.15, -0.1) is 0 Å². The fourth-order valence-electron chi connectivity index (χ4n) is 1.55. The zero-order valence-electron chi connectivity index (χ0n) is 8.20. The van der Waals surface area contributed by atoms with E-state index in [9.17, 15) is 4.39 Å². The minimum atomic E-state index is -0.152. The van der Waals surface area contributed by atoms with Crippen LogP contribution in [0.1, 0.15) is 21.7 Å². The summed E-state index contributed by atoms with van der Waals surface area (Å²) in [6.07, 6.45) is 2.14. The quantitative estimate of drug-likeness (QED) is 0.391. The minimum Gasteiger partial charge on any atom is -1.00 e. The molecule has 86 valence electrons. The smallest absolute Gasteiger partial charge is 1.00 e. The molecule has 1 unspecified atom stereocenters. The molecule has 0 aromatic heterocycles. The van der Waals surface area contributed by atoms with E-state index in [0.29, 0.717) is 3.63 Å². The van der Waals surface area contributed by atoms with Gasteiger partial charge in [-0.1, -0.05) is 0 Å². The molecule has 0 saturated heterocycles. The van der Waals surface area contributed by atoms with Crippen LogP contribution in [-0.4, -0.2) is 0 Å². The standard InChI is InChI=1S/C10H7BrF.3ClH.Zr/c1-6-2-7-4-8(12)5-10(11)9(7)3-6;;;;/h2-5H,1H3;3*1H;/q;;;;+3/p-3. The molecule has 2 rings (SSSR count). The molecule has 0 heterocycles. The molecule has 0 spiro atoms. The van der Waals surface area contributed by atoms with Gasteiger partial charge in [0.05, 0.1) is 0 Å². The SMILES string of the molecule is CC1=Cc2c(Br)cc(F)cc2[CH]1[Zr+3].[Cl-].[Cl-].[Cl-]. The molecule has 6 heteroatoms. The Morgan fingerprint density at radius 1 is 1.25 bits per heavy atom. The number of allylic oxidation sites excluding steroid dienone is 1. The second kappa shape index (κ2) is 7.53. The first-order chi connectivity index (χ1) is 6.09. The van der Waals surface area contributed by atoms with Crippen molar-refractivity contribution in [1.82, 2.24) is 0 Å². The molecule has 0 nitrogen and oxygen atoms in total. The summed E-state index contributed by atoms with van der Waals surface area (Å²) in [6.45, 7) is 2.10. The van der Waals surface area contributed by atoms with E-state index in [0.717, 1.165) is 15.6 Å². The van der Waals surface area contributed by atoms with Gasteiger partial charge in [0.25, 0.3) is 0 Å². The Bertz CT molecular complexity index is 409. The van der Waals surface area contributed by atoms with Crippen LogP contribution < -0.4 is 37.2 Å². The van der Waals surface area contributed by atoms with Gasteiger partial charge in [0.1, 0.15) is 0 Å². The summed E-state index contributed by atoms with van der Waals surface area (Å²) in [6, 6.07) is 3.17. The number of hydrogen-bond acceptors (Lipinski definition) is 0. The molecule has 1 aromatic carbocycles. The molecule has 0 amide bonds. The molecule has 0 fully saturated rings. The fourth-order valence-corrected chi connectivity index (χ4v) is 2.91. The van der Waals surface area contributed by atoms with Crippen LogP contribution in [0.2, 0.25) is 0 Å². The zero-order chi connectivity index (χ0) is 9.59. The van der Waals surface area contributed by atoms with Crippen LogP contribution in [-0.2, 0) is 24.7 Å². The molecule has 0 bridgehead atoms. The molecule has 16 heavy (non-hydrogen) atoms. The first kappa shape index (κ1) is 19.5. The van der Waals surface area contributed by atoms with E-state index in [1.165, 1.54) is 36.4 Å². The molecule has 0 saturated carbocycles. The molecule has 1 aliphatic carbocycles. The van der Waals surface area contributed by atoms with Crippen molar-refractivity contribution in [3.05, 3.63) is 39.1 Å². The summed E-state index contributed by atoms with van der Waals surface area (Å²) in [7, 11) is 0. The van der Waals surface area contributed by atoms with Crippen LogP contribution in [0.4, 0.5) is 4.39 Å². The van der Waals surface area contributed by atoms with E-state index < -0.39 is 0 Å². The van der Waals surface area contributed by atoms with E-state index >= 15 is 0 Å². The maximum absolute atomic E-state index is 13.1. The van der Waals surface area contributed by atoms with Gasteiger partial charge in [0, 0.05) is 0 Å². The van der Waals surface area contributed by atoms with Gasteiger partial charge in [0.2, 0.25) is 0 Å². The predicted molar refractivity (Wildman–Crippen MR) is 50.5 cm³/mol. The first-order valence-electron chi connectivity index (χ1n) is 3.98.